The second-order valence-corrected chi connectivity index (χ2v) is 6.40. The van der Waals surface area contributed by atoms with Gasteiger partial charge in [-0.25, -0.2) is 0 Å². The number of hydrogen-bond donors (Lipinski definition) is 3. The molecule has 1 fully saturated rings. The second kappa shape index (κ2) is 6.93. The summed E-state index contributed by atoms with van der Waals surface area (Å²) >= 11 is 3.18. The Morgan fingerprint density at radius 3 is 3.00 bits per heavy atom. The van der Waals surface area contributed by atoms with Crippen LogP contribution in [0.4, 0.5) is 0 Å². The van der Waals surface area contributed by atoms with Crippen LogP contribution in [0.3, 0.4) is 0 Å². The van der Waals surface area contributed by atoms with E-state index in [1.165, 1.54) is 17.4 Å². The first kappa shape index (κ1) is 14.4. The molecule has 1 aromatic heterocycles. The van der Waals surface area contributed by atoms with Crippen molar-refractivity contribution in [1.29, 1.82) is 0 Å². The van der Waals surface area contributed by atoms with Gasteiger partial charge < -0.3 is 16.4 Å². The lowest BCUT2D eigenvalue weighted by Crippen LogP contribution is -2.40. The van der Waals surface area contributed by atoms with E-state index in [4.69, 9.17) is 5.73 Å². The molecule has 5 nitrogen and oxygen atoms in total. The van der Waals surface area contributed by atoms with E-state index in [0.29, 0.717) is 23.0 Å². The van der Waals surface area contributed by atoms with Gasteiger partial charge in [-0.05, 0) is 12.5 Å². The number of rotatable bonds is 5. The average molecular weight is 299 g/mol. The van der Waals surface area contributed by atoms with Crippen molar-refractivity contribution in [1.82, 2.24) is 10.6 Å². The fourth-order valence-electron chi connectivity index (χ4n) is 1.84. The minimum Gasteiger partial charge on any atom is -0.366 e. The highest BCUT2D eigenvalue weighted by molar-refractivity contribution is 7.99. The van der Waals surface area contributed by atoms with Crippen LogP contribution in [0, 0.1) is 0 Å². The highest BCUT2D eigenvalue weighted by Crippen LogP contribution is 2.14. The van der Waals surface area contributed by atoms with Crippen molar-refractivity contribution < 1.29 is 9.59 Å². The number of thioether (sulfide) groups is 1. The molecule has 0 bridgehead atoms. The zero-order valence-electron chi connectivity index (χ0n) is 10.5. The van der Waals surface area contributed by atoms with Crippen LogP contribution in [0.15, 0.2) is 11.4 Å². The molecule has 1 saturated heterocycles. The lowest BCUT2D eigenvalue weighted by molar-refractivity contribution is 0.0956. The Labute approximate surface area is 120 Å². The Bertz CT molecular complexity index is 456. The van der Waals surface area contributed by atoms with Gasteiger partial charge >= 0.3 is 0 Å². The van der Waals surface area contributed by atoms with Crippen LogP contribution in [0.5, 0.6) is 0 Å². The Hall–Kier alpha value is -1.05. The molecule has 2 heterocycles. The molecular formula is C12H17N3O2S2. The van der Waals surface area contributed by atoms with E-state index in [9.17, 15) is 9.59 Å². The van der Waals surface area contributed by atoms with Gasteiger partial charge in [0.1, 0.15) is 0 Å². The van der Waals surface area contributed by atoms with Gasteiger partial charge in [0.2, 0.25) is 5.91 Å². The van der Waals surface area contributed by atoms with E-state index < -0.39 is 5.91 Å². The summed E-state index contributed by atoms with van der Waals surface area (Å²) in [5, 5.41) is 7.90. The lowest BCUT2D eigenvalue weighted by atomic mass is 10.2. The van der Waals surface area contributed by atoms with Crippen LogP contribution in [0.2, 0.25) is 0 Å². The Kier molecular flexibility index (Phi) is 5.24. The monoisotopic (exact) mass is 299 g/mol. The number of carbonyl (C=O) groups is 2. The average Bonchev–Trinajstić information content (AvgIpc) is 2.89. The topological polar surface area (TPSA) is 84.2 Å². The number of primary amides is 1. The van der Waals surface area contributed by atoms with E-state index in [0.717, 1.165) is 24.5 Å². The third kappa shape index (κ3) is 4.22. The molecule has 2 amide bonds. The van der Waals surface area contributed by atoms with E-state index in [1.54, 1.807) is 5.38 Å². The summed E-state index contributed by atoms with van der Waals surface area (Å²) in [4.78, 5) is 23.3. The summed E-state index contributed by atoms with van der Waals surface area (Å²) in [5.74, 6) is 1.62. The standard InChI is InChI=1S/C12H17N3O2S2/c13-11(16)8-5-10(19-6-8)12(17)15-2-1-9-7-18-4-3-14-9/h5-6,9,14H,1-4,7H2,(H2,13,16)(H,15,17). The SMILES string of the molecule is NC(=O)c1csc(C(=O)NCCC2CSCCN2)c1. The number of hydrogen-bond acceptors (Lipinski definition) is 5. The Morgan fingerprint density at radius 2 is 2.37 bits per heavy atom. The Balaban J connectivity index is 1.75. The molecule has 104 valence electrons. The molecule has 0 saturated carbocycles. The first-order valence-electron chi connectivity index (χ1n) is 6.14. The molecule has 1 atom stereocenters. The molecule has 1 aromatic rings. The maximum atomic E-state index is 11.8. The Morgan fingerprint density at radius 1 is 1.53 bits per heavy atom. The van der Waals surface area contributed by atoms with Gasteiger partial charge in [0.15, 0.2) is 0 Å². The molecule has 1 unspecified atom stereocenters. The van der Waals surface area contributed by atoms with E-state index in [1.807, 2.05) is 11.8 Å². The smallest absolute Gasteiger partial charge is 0.261 e. The zero-order valence-corrected chi connectivity index (χ0v) is 12.1. The lowest BCUT2D eigenvalue weighted by Gasteiger charge is -2.22. The molecule has 0 aromatic carbocycles. The van der Waals surface area contributed by atoms with Crippen LogP contribution < -0.4 is 16.4 Å². The van der Waals surface area contributed by atoms with Gasteiger partial charge in [-0.2, -0.15) is 11.8 Å². The quantitative estimate of drug-likeness (QED) is 0.746. The van der Waals surface area contributed by atoms with Crippen molar-refractivity contribution in [3.63, 3.8) is 0 Å². The molecule has 0 aliphatic carbocycles. The molecule has 2 rings (SSSR count). The summed E-state index contributed by atoms with van der Waals surface area (Å²) in [7, 11) is 0. The van der Waals surface area contributed by atoms with Gasteiger partial charge in [0.25, 0.3) is 5.91 Å². The van der Waals surface area contributed by atoms with Crippen molar-refractivity contribution in [3.05, 3.63) is 21.9 Å². The highest BCUT2D eigenvalue weighted by Gasteiger charge is 2.14. The number of thiophene rings is 1. The fourth-order valence-corrected chi connectivity index (χ4v) is 3.65. The van der Waals surface area contributed by atoms with Crippen LogP contribution in [-0.4, -0.2) is 42.5 Å². The second-order valence-electron chi connectivity index (χ2n) is 4.33. The van der Waals surface area contributed by atoms with Crippen molar-refractivity contribution in [2.45, 2.75) is 12.5 Å². The molecule has 19 heavy (non-hydrogen) atoms. The predicted octanol–water partition coefficient (Wildman–Crippen LogP) is 0.672. The van der Waals surface area contributed by atoms with Crippen LogP contribution in [0.25, 0.3) is 0 Å². The van der Waals surface area contributed by atoms with E-state index >= 15 is 0 Å². The van der Waals surface area contributed by atoms with Gasteiger partial charge in [-0.15, -0.1) is 11.3 Å². The van der Waals surface area contributed by atoms with E-state index in [2.05, 4.69) is 10.6 Å². The largest absolute Gasteiger partial charge is 0.366 e. The maximum Gasteiger partial charge on any atom is 0.261 e. The summed E-state index contributed by atoms with van der Waals surface area (Å²) < 4.78 is 0. The van der Waals surface area contributed by atoms with Gasteiger partial charge in [0.05, 0.1) is 10.4 Å². The van der Waals surface area contributed by atoms with Crippen molar-refractivity contribution in [2.24, 2.45) is 5.73 Å². The number of carbonyl (C=O) groups excluding carboxylic acids is 2. The number of amides is 2. The van der Waals surface area contributed by atoms with Gasteiger partial charge in [0, 0.05) is 36.0 Å². The summed E-state index contributed by atoms with van der Waals surface area (Å²) in [6, 6.07) is 2.01. The first-order chi connectivity index (χ1) is 9.16. The fraction of sp³-hybridized carbons (Fsp3) is 0.500. The third-order valence-electron chi connectivity index (χ3n) is 2.88. The maximum absolute atomic E-state index is 11.8. The zero-order chi connectivity index (χ0) is 13.7. The van der Waals surface area contributed by atoms with Crippen LogP contribution in [0.1, 0.15) is 26.5 Å². The molecule has 4 N–H and O–H groups in total. The molecule has 0 spiro atoms. The molecule has 7 heteroatoms. The minimum absolute atomic E-state index is 0.138. The van der Waals surface area contributed by atoms with Crippen molar-refractivity contribution >= 4 is 34.9 Å². The normalized spacial score (nSPS) is 19.1. The minimum atomic E-state index is -0.501. The third-order valence-corrected chi connectivity index (χ3v) is 4.94. The number of nitrogens with one attached hydrogen (secondary N) is 2. The molecule has 1 aliphatic heterocycles. The number of nitrogens with two attached hydrogens (primary N) is 1. The van der Waals surface area contributed by atoms with Gasteiger partial charge in [-0.3, -0.25) is 9.59 Å². The van der Waals surface area contributed by atoms with Gasteiger partial charge in [-0.1, -0.05) is 0 Å². The molecule has 1 aliphatic rings. The highest BCUT2D eigenvalue weighted by atomic mass is 32.2. The molecular weight excluding hydrogens is 282 g/mol. The van der Waals surface area contributed by atoms with Crippen LogP contribution in [-0.2, 0) is 0 Å². The first-order valence-corrected chi connectivity index (χ1v) is 8.18. The summed E-state index contributed by atoms with van der Waals surface area (Å²) in [5.41, 5.74) is 5.54. The summed E-state index contributed by atoms with van der Waals surface area (Å²) in [6.07, 6.45) is 0.923. The molecule has 0 radical (unpaired) electrons. The van der Waals surface area contributed by atoms with Crippen molar-refractivity contribution in [3.8, 4) is 0 Å². The van der Waals surface area contributed by atoms with E-state index in [-0.39, 0.29) is 5.91 Å². The van der Waals surface area contributed by atoms with Crippen LogP contribution >= 0.6 is 23.1 Å². The summed E-state index contributed by atoms with van der Waals surface area (Å²) in [6.45, 7) is 1.68. The predicted molar refractivity (Wildman–Crippen MR) is 78.9 cm³/mol. The van der Waals surface area contributed by atoms with Crippen molar-refractivity contribution in [2.75, 3.05) is 24.6 Å².